The molecule has 11 heteroatoms. The monoisotopic (exact) mass is 481 g/mol. The van der Waals surface area contributed by atoms with Crippen molar-refractivity contribution in [3.8, 4) is 11.4 Å². The number of hydrogen-bond acceptors (Lipinski definition) is 7. The molecule has 2 N–H and O–H groups in total. The lowest BCUT2D eigenvalue weighted by Gasteiger charge is -2.19. The number of aromatic nitrogens is 3. The normalized spacial score (nSPS) is 20.6. The van der Waals surface area contributed by atoms with Crippen LogP contribution in [0.25, 0.3) is 5.69 Å². The number of ether oxygens (including phenoxy) is 3. The molecule has 1 aromatic heterocycles. The number of nitrogens with zero attached hydrogens (tertiary/aromatic N) is 3. The molecule has 10 nitrogen and oxygen atoms in total. The standard InChI is InChI=1S/C24H24FN5O5/c1-2-26-22(31)14-6-8-16(9-7-14)30-19(13-34-17-5-3-4-15(25)12-17)20(28-29-30)23(32)27-18-10-11-33-24-21(18)35-24/h3-9,12,18,21,24H,2,10-11,13H2,1H3,(H,26,31)(H,27,32). The van der Waals surface area contributed by atoms with Gasteiger partial charge in [0.2, 0.25) is 0 Å². The Hall–Kier alpha value is -3.83. The van der Waals surface area contributed by atoms with Crippen molar-refractivity contribution in [2.24, 2.45) is 0 Å². The van der Waals surface area contributed by atoms with Gasteiger partial charge < -0.3 is 24.8 Å². The molecule has 0 radical (unpaired) electrons. The number of fused-ring (bicyclic) bond motifs is 1. The van der Waals surface area contributed by atoms with Gasteiger partial charge in [0.25, 0.3) is 11.8 Å². The minimum Gasteiger partial charge on any atom is -0.487 e. The summed E-state index contributed by atoms with van der Waals surface area (Å²) < 4.78 is 31.7. The number of nitrogens with one attached hydrogen (secondary N) is 2. The first-order valence-corrected chi connectivity index (χ1v) is 11.3. The molecule has 3 aromatic rings. The fourth-order valence-electron chi connectivity index (χ4n) is 3.93. The van der Waals surface area contributed by atoms with Crippen molar-refractivity contribution in [3.05, 3.63) is 71.3 Å². The summed E-state index contributed by atoms with van der Waals surface area (Å²) in [5.74, 6) is -0.750. The Morgan fingerprint density at radius 3 is 2.80 bits per heavy atom. The third-order valence-electron chi connectivity index (χ3n) is 5.77. The van der Waals surface area contributed by atoms with Crippen LogP contribution in [0.2, 0.25) is 0 Å². The van der Waals surface area contributed by atoms with E-state index in [1.165, 1.54) is 22.9 Å². The zero-order valence-corrected chi connectivity index (χ0v) is 18.9. The van der Waals surface area contributed by atoms with Gasteiger partial charge in [-0.05, 0) is 49.7 Å². The molecule has 0 bridgehead atoms. The fraction of sp³-hybridized carbons (Fsp3) is 0.333. The van der Waals surface area contributed by atoms with Gasteiger partial charge in [0.05, 0.1) is 18.3 Å². The van der Waals surface area contributed by atoms with Crippen LogP contribution in [0, 0.1) is 5.82 Å². The largest absolute Gasteiger partial charge is 0.487 e. The van der Waals surface area contributed by atoms with E-state index in [9.17, 15) is 14.0 Å². The van der Waals surface area contributed by atoms with Crippen molar-refractivity contribution in [3.63, 3.8) is 0 Å². The quantitative estimate of drug-likeness (QED) is 0.472. The molecule has 2 amide bonds. The highest BCUT2D eigenvalue weighted by molar-refractivity contribution is 5.94. The first kappa shape index (κ1) is 22.9. The maximum absolute atomic E-state index is 13.6. The van der Waals surface area contributed by atoms with Crippen LogP contribution in [0.3, 0.4) is 0 Å². The first-order chi connectivity index (χ1) is 17.0. The van der Waals surface area contributed by atoms with Crippen LogP contribution in [0.1, 0.15) is 39.9 Å². The Balaban J connectivity index is 1.41. The predicted molar refractivity (Wildman–Crippen MR) is 121 cm³/mol. The van der Waals surface area contributed by atoms with E-state index < -0.39 is 11.7 Å². The lowest BCUT2D eigenvalue weighted by molar-refractivity contribution is 0.0403. The second-order valence-corrected chi connectivity index (χ2v) is 8.16. The van der Waals surface area contributed by atoms with E-state index >= 15 is 0 Å². The predicted octanol–water partition coefficient (Wildman–Crippen LogP) is 1.98. The van der Waals surface area contributed by atoms with Gasteiger partial charge >= 0.3 is 0 Å². The Morgan fingerprint density at radius 1 is 1.20 bits per heavy atom. The molecular weight excluding hydrogens is 457 g/mol. The average Bonchev–Trinajstić information content (AvgIpc) is 3.54. The van der Waals surface area contributed by atoms with Crippen LogP contribution in [0.15, 0.2) is 48.5 Å². The molecule has 2 aliphatic heterocycles. The lowest BCUT2D eigenvalue weighted by atomic mass is 10.1. The SMILES string of the molecule is CCNC(=O)c1ccc(-n2nnc(C(=O)NC3CCOC4OC34)c2COc2cccc(F)c2)cc1. The number of rotatable bonds is 8. The molecule has 2 aliphatic rings. The van der Waals surface area contributed by atoms with E-state index in [-0.39, 0.29) is 36.6 Å². The molecular formula is C24H24FN5O5. The maximum Gasteiger partial charge on any atom is 0.274 e. The Kier molecular flexibility index (Phi) is 6.43. The molecule has 182 valence electrons. The van der Waals surface area contributed by atoms with Crippen LogP contribution >= 0.6 is 0 Å². The topological polar surface area (TPSA) is 120 Å². The third kappa shape index (κ3) is 5.00. The molecule has 2 aromatic carbocycles. The van der Waals surface area contributed by atoms with Gasteiger partial charge in [-0.2, -0.15) is 0 Å². The molecule has 3 atom stereocenters. The van der Waals surface area contributed by atoms with Crippen LogP contribution in [0.5, 0.6) is 5.75 Å². The third-order valence-corrected chi connectivity index (χ3v) is 5.77. The van der Waals surface area contributed by atoms with Crippen LogP contribution in [-0.2, 0) is 16.1 Å². The summed E-state index contributed by atoms with van der Waals surface area (Å²) in [5, 5.41) is 14.0. The summed E-state index contributed by atoms with van der Waals surface area (Å²) in [6.07, 6.45) is 0.178. The number of carbonyl (C=O) groups is 2. The highest BCUT2D eigenvalue weighted by Gasteiger charge is 2.49. The van der Waals surface area contributed by atoms with Gasteiger partial charge in [-0.15, -0.1) is 5.10 Å². The van der Waals surface area contributed by atoms with Crippen molar-refractivity contribution >= 4 is 11.8 Å². The highest BCUT2D eigenvalue weighted by atomic mass is 19.1. The van der Waals surface area contributed by atoms with E-state index in [1.54, 1.807) is 30.3 Å². The molecule has 3 unspecified atom stereocenters. The van der Waals surface area contributed by atoms with Crippen molar-refractivity contribution in [2.75, 3.05) is 13.2 Å². The number of carbonyl (C=O) groups excluding carboxylic acids is 2. The Morgan fingerprint density at radius 2 is 2.03 bits per heavy atom. The number of hydrogen-bond donors (Lipinski definition) is 2. The van der Waals surface area contributed by atoms with Gasteiger partial charge in [-0.1, -0.05) is 11.3 Å². The number of benzene rings is 2. The van der Waals surface area contributed by atoms with E-state index in [4.69, 9.17) is 14.2 Å². The maximum atomic E-state index is 13.6. The average molecular weight is 481 g/mol. The molecule has 3 heterocycles. The van der Waals surface area contributed by atoms with Gasteiger partial charge in [-0.25, -0.2) is 9.07 Å². The fourth-order valence-corrected chi connectivity index (χ4v) is 3.93. The summed E-state index contributed by atoms with van der Waals surface area (Å²) in [6, 6.07) is 12.2. The van der Waals surface area contributed by atoms with Crippen molar-refractivity contribution in [1.29, 1.82) is 0 Å². The number of amides is 2. The van der Waals surface area contributed by atoms with E-state index in [0.29, 0.717) is 42.3 Å². The minimum atomic E-state index is -0.438. The lowest BCUT2D eigenvalue weighted by Crippen LogP contribution is -2.43. The molecule has 0 saturated carbocycles. The van der Waals surface area contributed by atoms with Gasteiger partial charge in [-0.3, -0.25) is 9.59 Å². The highest BCUT2D eigenvalue weighted by Crippen LogP contribution is 2.32. The number of epoxide rings is 1. The first-order valence-electron chi connectivity index (χ1n) is 11.3. The summed E-state index contributed by atoms with van der Waals surface area (Å²) in [5.41, 5.74) is 1.53. The second kappa shape index (κ2) is 9.80. The van der Waals surface area contributed by atoms with Gasteiger partial charge in [0, 0.05) is 18.2 Å². The van der Waals surface area contributed by atoms with Crippen molar-refractivity contribution in [2.45, 2.75) is 38.4 Å². The van der Waals surface area contributed by atoms with E-state index in [2.05, 4.69) is 20.9 Å². The molecule has 0 aliphatic carbocycles. The minimum absolute atomic E-state index is 0.0814. The summed E-state index contributed by atoms with van der Waals surface area (Å²) in [4.78, 5) is 25.2. The zero-order valence-electron chi connectivity index (χ0n) is 18.9. The Labute approximate surface area is 200 Å². The van der Waals surface area contributed by atoms with E-state index in [0.717, 1.165) is 0 Å². The molecule has 35 heavy (non-hydrogen) atoms. The van der Waals surface area contributed by atoms with Crippen LogP contribution in [0.4, 0.5) is 4.39 Å². The van der Waals surface area contributed by atoms with Gasteiger partial charge in [0.1, 0.15) is 30.0 Å². The van der Waals surface area contributed by atoms with Crippen molar-refractivity contribution in [1.82, 2.24) is 25.6 Å². The summed E-state index contributed by atoms with van der Waals surface area (Å²) in [7, 11) is 0. The second-order valence-electron chi connectivity index (χ2n) is 8.16. The van der Waals surface area contributed by atoms with Crippen molar-refractivity contribution < 1.29 is 28.2 Å². The summed E-state index contributed by atoms with van der Waals surface area (Å²) >= 11 is 0. The smallest absolute Gasteiger partial charge is 0.274 e. The van der Waals surface area contributed by atoms with E-state index in [1.807, 2.05) is 6.92 Å². The molecule has 2 fully saturated rings. The molecule has 0 spiro atoms. The summed E-state index contributed by atoms with van der Waals surface area (Å²) in [6.45, 7) is 2.76. The Bertz CT molecular complexity index is 1230. The zero-order chi connectivity index (χ0) is 24.4. The van der Waals surface area contributed by atoms with Crippen LogP contribution < -0.4 is 15.4 Å². The van der Waals surface area contributed by atoms with Crippen LogP contribution in [-0.4, -0.2) is 58.4 Å². The number of halogens is 1. The molecule has 5 rings (SSSR count). The molecule has 2 saturated heterocycles. The van der Waals surface area contributed by atoms with Gasteiger partial charge in [0.15, 0.2) is 12.0 Å².